The highest BCUT2D eigenvalue weighted by molar-refractivity contribution is 7.12. The number of anilines is 1. The molecule has 0 fully saturated rings. The average Bonchev–Trinajstić information content (AvgIpc) is 3.26. The van der Waals surface area contributed by atoms with E-state index in [1.54, 1.807) is 36.7 Å². The van der Waals surface area contributed by atoms with Crippen molar-refractivity contribution in [2.45, 2.75) is 12.8 Å². The maximum absolute atomic E-state index is 14.1. The van der Waals surface area contributed by atoms with Gasteiger partial charge >= 0.3 is 0 Å². The molecule has 0 saturated heterocycles. The first-order valence-corrected chi connectivity index (χ1v) is 8.17. The molecule has 24 heavy (non-hydrogen) atoms. The maximum atomic E-state index is 14.1. The Kier molecular flexibility index (Phi) is 4.81. The summed E-state index contributed by atoms with van der Waals surface area (Å²) < 4.78 is 15.5. The minimum atomic E-state index is -0.494. The highest BCUT2D eigenvalue weighted by Gasteiger charge is 2.11. The van der Waals surface area contributed by atoms with Gasteiger partial charge in [0, 0.05) is 30.9 Å². The number of carbonyl (C=O) groups excluding carboxylic acids is 2. The Morgan fingerprint density at radius 1 is 1.21 bits per heavy atom. The Hall–Kier alpha value is -2.80. The molecule has 0 saturated carbocycles. The number of amides is 1. The summed E-state index contributed by atoms with van der Waals surface area (Å²) in [5.41, 5.74) is 0.642. The van der Waals surface area contributed by atoms with Crippen molar-refractivity contribution in [2.75, 3.05) is 5.32 Å². The average molecular weight is 343 g/mol. The molecule has 5 nitrogen and oxygen atoms in total. The number of carbonyl (C=O) groups is 2. The first kappa shape index (κ1) is 16.1. The molecule has 0 unspecified atom stereocenters. The Morgan fingerprint density at radius 3 is 2.75 bits per heavy atom. The SMILES string of the molecule is O=C(CCC(=O)c1cccs1)Nc1ccc(-n2cccn2)c(F)c1. The molecule has 1 N–H and O–H groups in total. The smallest absolute Gasteiger partial charge is 0.224 e. The Bertz CT molecular complexity index is 845. The molecule has 0 aliphatic heterocycles. The van der Waals surface area contributed by atoms with E-state index in [0.717, 1.165) is 0 Å². The molecule has 0 atom stereocenters. The summed E-state index contributed by atoms with van der Waals surface area (Å²) in [7, 11) is 0. The van der Waals surface area contributed by atoms with Gasteiger partial charge in [0.05, 0.1) is 4.88 Å². The number of hydrogen-bond donors (Lipinski definition) is 1. The summed E-state index contributed by atoms with van der Waals surface area (Å²) in [5, 5.41) is 8.38. The number of hydrogen-bond acceptors (Lipinski definition) is 4. The molecule has 7 heteroatoms. The number of ketones is 1. The predicted molar refractivity (Wildman–Crippen MR) is 90.0 cm³/mol. The molecular formula is C17H14FN3O2S. The van der Waals surface area contributed by atoms with Crippen LogP contribution in [0.5, 0.6) is 0 Å². The second kappa shape index (κ2) is 7.18. The third kappa shape index (κ3) is 3.75. The van der Waals surface area contributed by atoms with Crippen LogP contribution in [0.1, 0.15) is 22.5 Å². The highest BCUT2D eigenvalue weighted by atomic mass is 32.1. The van der Waals surface area contributed by atoms with Crippen LogP contribution in [0.25, 0.3) is 5.69 Å². The van der Waals surface area contributed by atoms with E-state index < -0.39 is 5.82 Å². The fourth-order valence-electron chi connectivity index (χ4n) is 2.19. The summed E-state index contributed by atoms with van der Waals surface area (Å²) in [4.78, 5) is 24.4. The predicted octanol–water partition coefficient (Wildman–Crippen LogP) is 3.67. The van der Waals surface area contributed by atoms with Crippen LogP contribution in [0.3, 0.4) is 0 Å². The number of aromatic nitrogens is 2. The molecule has 0 aliphatic rings. The Morgan fingerprint density at radius 2 is 2.08 bits per heavy atom. The van der Waals surface area contributed by atoms with Gasteiger partial charge in [-0.25, -0.2) is 9.07 Å². The van der Waals surface area contributed by atoms with Crippen molar-refractivity contribution in [2.24, 2.45) is 0 Å². The largest absolute Gasteiger partial charge is 0.326 e. The normalized spacial score (nSPS) is 10.5. The van der Waals surface area contributed by atoms with Crippen LogP contribution in [0.15, 0.2) is 54.2 Å². The molecule has 0 bridgehead atoms. The van der Waals surface area contributed by atoms with Gasteiger partial charge in [0.2, 0.25) is 5.91 Å². The van der Waals surface area contributed by atoms with E-state index in [4.69, 9.17) is 0 Å². The van der Waals surface area contributed by atoms with Crippen LogP contribution in [0, 0.1) is 5.82 Å². The van der Waals surface area contributed by atoms with Crippen molar-refractivity contribution in [1.29, 1.82) is 0 Å². The third-order valence-corrected chi connectivity index (χ3v) is 4.27. The Labute approximate surface area is 141 Å². The zero-order chi connectivity index (χ0) is 16.9. The lowest BCUT2D eigenvalue weighted by Crippen LogP contribution is -2.13. The van der Waals surface area contributed by atoms with E-state index in [1.165, 1.54) is 28.2 Å². The zero-order valence-corrected chi connectivity index (χ0v) is 13.4. The topological polar surface area (TPSA) is 64.0 Å². The zero-order valence-electron chi connectivity index (χ0n) is 12.6. The molecule has 0 aliphatic carbocycles. The first-order valence-electron chi connectivity index (χ1n) is 7.29. The monoisotopic (exact) mass is 343 g/mol. The molecular weight excluding hydrogens is 329 g/mol. The minimum absolute atomic E-state index is 0.0548. The van der Waals surface area contributed by atoms with E-state index in [1.807, 2.05) is 5.38 Å². The number of Topliss-reactive ketones (excluding diaryl/α,β-unsaturated/α-hetero) is 1. The van der Waals surface area contributed by atoms with Crippen molar-refractivity contribution in [3.63, 3.8) is 0 Å². The summed E-state index contributed by atoms with van der Waals surface area (Å²) in [5.74, 6) is -0.891. The van der Waals surface area contributed by atoms with Gasteiger partial charge in [0.1, 0.15) is 5.69 Å². The number of nitrogens with one attached hydrogen (secondary N) is 1. The van der Waals surface area contributed by atoms with Crippen LogP contribution in [-0.2, 0) is 4.79 Å². The van der Waals surface area contributed by atoms with Gasteiger partial charge in [-0.05, 0) is 35.7 Å². The van der Waals surface area contributed by atoms with Gasteiger partial charge in [-0.15, -0.1) is 11.3 Å². The molecule has 0 spiro atoms. The van der Waals surface area contributed by atoms with E-state index in [-0.39, 0.29) is 24.5 Å². The second-order valence-electron chi connectivity index (χ2n) is 5.07. The van der Waals surface area contributed by atoms with Crippen molar-refractivity contribution in [3.05, 3.63) is 64.9 Å². The molecule has 2 aromatic heterocycles. The summed E-state index contributed by atoms with van der Waals surface area (Å²) >= 11 is 1.35. The molecule has 3 rings (SSSR count). The van der Waals surface area contributed by atoms with Gasteiger partial charge in [-0.1, -0.05) is 6.07 Å². The maximum Gasteiger partial charge on any atom is 0.224 e. The van der Waals surface area contributed by atoms with Crippen molar-refractivity contribution < 1.29 is 14.0 Å². The molecule has 3 aromatic rings. The second-order valence-corrected chi connectivity index (χ2v) is 6.01. The lowest BCUT2D eigenvalue weighted by molar-refractivity contribution is -0.116. The molecule has 2 heterocycles. The fourth-order valence-corrected chi connectivity index (χ4v) is 2.89. The number of nitrogens with zero attached hydrogens (tertiary/aromatic N) is 2. The quantitative estimate of drug-likeness (QED) is 0.695. The van der Waals surface area contributed by atoms with Gasteiger partial charge in [-0.3, -0.25) is 9.59 Å². The van der Waals surface area contributed by atoms with Crippen LogP contribution in [0.4, 0.5) is 10.1 Å². The van der Waals surface area contributed by atoms with Crippen LogP contribution in [-0.4, -0.2) is 21.5 Å². The Balaban J connectivity index is 1.58. The molecule has 0 radical (unpaired) electrons. The summed E-state index contributed by atoms with van der Waals surface area (Å²) in [6, 6.07) is 9.58. The number of rotatable bonds is 6. The van der Waals surface area contributed by atoms with Crippen LogP contribution < -0.4 is 5.32 Å². The van der Waals surface area contributed by atoms with Crippen LogP contribution in [0.2, 0.25) is 0 Å². The van der Waals surface area contributed by atoms with Crippen LogP contribution >= 0.6 is 11.3 Å². The minimum Gasteiger partial charge on any atom is -0.326 e. The molecule has 1 aromatic carbocycles. The van der Waals surface area contributed by atoms with Crippen molar-refractivity contribution in [1.82, 2.24) is 9.78 Å². The lowest BCUT2D eigenvalue weighted by Gasteiger charge is -2.08. The number of thiophene rings is 1. The number of halogens is 1. The molecule has 122 valence electrons. The van der Waals surface area contributed by atoms with Crippen molar-refractivity contribution in [3.8, 4) is 5.69 Å². The highest BCUT2D eigenvalue weighted by Crippen LogP contribution is 2.18. The summed E-state index contributed by atoms with van der Waals surface area (Å²) in [6.45, 7) is 0. The number of benzene rings is 1. The standard InChI is InChI=1S/C17H14FN3O2S/c18-13-11-12(4-5-14(13)21-9-2-8-19-21)20-17(23)7-6-15(22)16-3-1-10-24-16/h1-5,8-11H,6-7H2,(H,20,23). The van der Waals surface area contributed by atoms with E-state index in [0.29, 0.717) is 16.3 Å². The van der Waals surface area contributed by atoms with Gasteiger partial charge in [0.15, 0.2) is 11.6 Å². The third-order valence-electron chi connectivity index (χ3n) is 3.36. The molecule has 1 amide bonds. The summed E-state index contributed by atoms with van der Waals surface area (Å²) in [6.07, 6.45) is 3.37. The van der Waals surface area contributed by atoms with E-state index >= 15 is 0 Å². The lowest BCUT2D eigenvalue weighted by atomic mass is 10.2. The van der Waals surface area contributed by atoms with Gasteiger partial charge in [0.25, 0.3) is 0 Å². The van der Waals surface area contributed by atoms with Gasteiger partial charge < -0.3 is 5.32 Å². The van der Waals surface area contributed by atoms with E-state index in [2.05, 4.69) is 10.4 Å². The van der Waals surface area contributed by atoms with Gasteiger partial charge in [-0.2, -0.15) is 5.10 Å². The fraction of sp³-hybridized carbons (Fsp3) is 0.118. The first-order chi connectivity index (χ1) is 11.6. The van der Waals surface area contributed by atoms with E-state index in [9.17, 15) is 14.0 Å². The van der Waals surface area contributed by atoms with Crippen molar-refractivity contribution >= 4 is 28.7 Å².